The Morgan fingerprint density at radius 2 is 2.05 bits per heavy atom. The SMILES string of the molecule is CCN(CCC(=O)O)C(=O)Cn1nc(C)c([N+](=O)[O-])c1C. The Labute approximate surface area is 121 Å². The zero-order valence-electron chi connectivity index (χ0n) is 12.2. The molecule has 1 rings (SSSR count). The second-order valence-corrected chi connectivity index (χ2v) is 4.55. The number of hydrogen-bond acceptors (Lipinski definition) is 5. The van der Waals surface area contributed by atoms with Crippen LogP contribution >= 0.6 is 0 Å². The highest BCUT2D eigenvalue weighted by Crippen LogP contribution is 2.21. The molecule has 9 heteroatoms. The topological polar surface area (TPSA) is 119 Å². The second-order valence-electron chi connectivity index (χ2n) is 4.55. The minimum atomic E-state index is -0.983. The van der Waals surface area contributed by atoms with Gasteiger partial charge in [-0.1, -0.05) is 0 Å². The van der Waals surface area contributed by atoms with Crippen LogP contribution in [0.3, 0.4) is 0 Å². The molecular weight excluding hydrogens is 280 g/mol. The number of carboxylic acids is 1. The molecule has 1 amide bonds. The summed E-state index contributed by atoms with van der Waals surface area (Å²) in [6.45, 7) is 5.10. The Morgan fingerprint density at radius 1 is 1.43 bits per heavy atom. The minimum Gasteiger partial charge on any atom is -0.481 e. The molecule has 0 atom stereocenters. The first-order chi connectivity index (χ1) is 9.77. The van der Waals surface area contributed by atoms with Crippen molar-refractivity contribution in [1.82, 2.24) is 14.7 Å². The molecule has 21 heavy (non-hydrogen) atoms. The number of aliphatic carboxylic acids is 1. The van der Waals surface area contributed by atoms with Crippen LogP contribution in [0.2, 0.25) is 0 Å². The molecule has 1 N–H and O–H groups in total. The largest absolute Gasteiger partial charge is 0.481 e. The van der Waals surface area contributed by atoms with E-state index in [9.17, 15) is 19.7 Å². The number of amides is 1. The molecule has 116 valence electrons. The molecule has 1 heterocycles. The fourth-order valence-corrected chi connectivity index (χ4v) is 2.02. The maximum Gasteiger partial charge on any atom is 0.312 e. The van der Waals surface area contributed by atoms with Gasteiger partial charge in [-0.05, 0) is 20.8 Å². The van der Waals surface area contributed by atoms with Crippen LogP contribution in [0.4, 0.5) is 5.69 Å². The van der Waals surface area contributed by atoms with E-state index in [0.29, 0.717) is 12.2 Å². The maximum absolute atomic E-state index is 12.1. The third-order valence-electron chi connectivity index (χ3n) is 3.14. The molecule has 0 saturated heterocycles. The van der Waals surface area contributed by atoms with Gasteiger partial charge in [-0.25, -0.2) is 0 Å². The van der Waals surface area contributed by atoms with Crippen LogP contribution in [-0.2, 0) is 16.1 Å². The zero-order valence-corrected chi connectivity index (χ0v) is 12.2. The number of carboxylic acid groups (broad SMARTS) is 1. The molecule has 0 aliphatic heterocycles. The number of likely N-dealkylation sites (N-methyl/N-ethyl adjacent to an activating group) is 1. The summed E-state index contributed by atoms with van der Waals surface area (Å²) in [5.74, 6) is -1.30. The fourth-order valence-electron chi connectivity index (χ4n) is 2.02. The van der Waals surface area contributed by atoms with Gasteiger partial charge in [0.2, 0.25) is 5.91 Å². The molecule has 0 saturated carbocycles. The number of aryl methyl sites for hydroxylation is 1. The highest BCUT2D eigenvalue weighted by molar-refractivity contribution is 5.77. The third kappa shape index (κ3) is 4.01. The van der Waals surface area contributed by atoms with Gasteiger partial charge in [0, 0.05) is 13.1 Å². The van der Waals surface area contributed by atoms with E-state index >= 15 is 0 Å². The standard InChI is InChI=1S/C12H18N4O5/c1-4-14(6-5-11(18)19)10(17)7-15-9(3)12(16(20)21)8(2)13-15/h4-7H2,1-3H3,(H,18,19). The van der Waals surface area contributed by atoms with Crippen molar-refractivity contribution >= 4 is 17.6 Å². The summed E-state index contributed by atoms with van der Waals surface area (Å²) >= 11 is 0. The highest BCUT2D eigenvalue weighted by Gasteiger charge is 2.24. The van der Waals surface area contributed by atoms with Gasteiger partial charge in [-0.2, -0.15) is 5.10 Å². The Balaban J connectivity index is 2.85. The van der Waals surface area contributed by atoms with Crippen molar-refractivity contribution in [3.05, 3.63) is 21.5 Å². The number of hydrogen-bond donors (Lipinski definition) is 1. The number of rotatable bonds is 7. The van der Waals surface area contributed by atoms with E-state index in [4.69, 9.17) is 5.11 Å². The smallest absolute Gasteiger partial charge is 0.312 e. The average molecular weight is 298 g/mol. The maximum atomic E-state index is 12.1. The lowest BCUT2D eigenvalue weighted by Gasteiger charge is -2.20. The molecule has 0 radical (unpaired) electrons. The molecule has 0 spiro atoms. The van der Waals surface area contributed by atoms with Crippen LogP contribution in [0, 0.1) is 24.0 Å². The Morgan fingerprint density at radius 3 is 2.48 bits per heavy atom. The van der Waals surface area contributed by atoms with E-state index in [-0.39, 0.29) is 36.8 Å². The molecule has 0 bridgehead atoms. The van der Waals surface area contributed by atoms with Crippen LogP contribution in [-0.4, -0.2) is 49.7 Å². The molecule has 0 aliphatic carbocycles. The summed E-state index contributed by atoms with van der Waals surface area (Å²) in [5.41, 5.74) is 0.454. The van der Waals surface area contributed by atoms with Gasteiger partial charge in [0.15, 0.2) is 0 Å². The van der Waals surface area contributed by atoms with Gasteiger partial charge in [0.1, 0.15) is 17.9 Å². The number of carbonyl (C=O) groups excluding carboxylic acids is 1. The summed E-state index contributed by atoms with van der Waals surface area (Å²) in [5, 5.41) is 23.5. The Kier molecular flexibility index (Phi) is 5.39. The van der Waals surface area contributed by atoms with E-state index in [1.54, 1.807) is 6.92 Å². The molecule has 0 aromatic carbocycles. The Bertz CT molecular complexity index is 566. The first-order valence-electron chi connectivity index (χ1n) is 6.45. The van der Waals surface area contributed by atoms with Gasteiger partial charge in [-0.15, -0.1) is 0 Å². The van der Waals surface area contributed by atoms with Crippen LogP contribution in [0.1, 0.15) is 24.7 Å². The quantitative estimate of drug-likeness (QED) is 0.585. The lowest BCUT2D eigenvalue weighted by molar-refractivity contribution is -0.386. The van der Waals surface area contributed by atoms with Crippen LogP contribution in [0.15, 0.2) is 0 Å². The summed E-state index contributed by atoms with van der Waals surface area (Å²) in [4.78, 5) is 34.4. The lowest BCUT2D eigenvalue weighted by atomic mass is 10.3. The normalized spacial score (nSPS) is 10.4. The summed E-state index contributed by atoms with van der Waals surface area (Å²) < 4.78 is 1.28. The van der Waals surface area contributed by atoms with Gasteiger partial charge in [0.25, 0.3) is 0 Å². The second kappa shape index (κ2) is 6.82. The van der Waals surface area contributed by atoms with Crippen molar-refractivity contribution in [2.75, 3.05) is 13.1 Å². The van der Waals surface area contributed by atoms with Crippen molar-refractivity contribution in [1.29, 1.82) is 0 Å². The van der Waals surface area contributed by atoms with Gasteiger partial charge in [0.05, 0.1) is 11.3 Å². The van der Waals surface area contributed by atoms with E-state index in [2.05, 4.69) is 5.10 Å². The lowest BCUT2D eigenvalue weighted by Crippen LogP contribution is -2.35. The predicted octanol–water partition coefficient (Wildman–Crippen LogP) is 0.731. The molecule has 1 aromatic heterocycles. The molecule has 0 aliphatic rings. The number of aromatic nitrogens is 2. The minimum absolute atomic E-state index is 0.101. The van der Waals surface area contributed by atoms with Gasteiger partial charge >= 0.3 is 11.7 Å². The average Bonchev–Trinajstić information content (AvgIpc) is 2.64. The van der Waals surface area contributed by atoms with E-state index in [0.717, 1.165) is 0 Å². The van der Waals surface area contributed by atoms with Gasteiger partial charge < -0.3 is 10.0 Å². The van der Waals surface area contributed by atoms with Crippen LogP contribution in [0.25, 0.3) is 0 Å². The van der Waals surface area contributed by atoms with Crippen molar-refractivity contribution < 1.29 is 19.6 Å². The summed E-state index contributed by atoms with van der Waals surface area (Å²) in [6.07, 6.45) is -0.142. The molecule has 1 aromatic rings. The van der Waals surface area contributed by atoms with Crippen molar-refractivity contribution in [3.8, 4) is 0 Å². The fraction of sp³-hybridized carbons (Fsp3) is 0.583. The molecule has 9 nitrogen and oxygen atoms in total. The van der Waals surface area contributed by atoms with Crippen molar-refractivity contribution in [3.63, 3.8) is 0 Å². The van der Waals surface area contributed by atoms with E-state index in [1.807, 2.05) is 0 Å². The first kappa shape index (κ1) is 16.6. The molecular formula is C12H18N4O5. The van der Waals surface area contributed by atoms with Crippen LogP contribution < -0.4 is 0 Å². The Hall–Kier alpha value is -2.45. The van der Waals surface area contributed by atoms with E-state index in [1.165, 1.54) is 23.4 Å². The van der Waals surface area contributed by atoms with Crippen molar-refractivity contribution in [2.24, 2.45) is 0 Å². The molecule has 0 fully saturated rings. The number of nitrogens with zero attached hydrogens (tertiary/aromatic N) is 4. The number of carbonyl (C=O) groups is 2. The van der Waals surface area contributed by atoms with Crippen LogP contribution in [0.5, 0.6) is 0 Å². The van der Waals surface area contributed by atoms with Gasteiger partial charge in [-0.3, -0.25) is 24.4 Å². The monoisotopic (exact) mass is 298 g/mol. The summed E-state index contributed by atoms with van der Waals surface area (Å²) in [7, 11) is 0. The highest BCUT2D eigenvalue weighted by atomic mass is 16.6. The predicted molar refractivity (Wildman–Crippen MR) is 72.9 cm³/mol. The molecule has 0 unspecified atom stereocenters. The van der Waals surface area contributed by atoms with E-state index < -0.39 is 10.9 Å². The van der Waals surface area contributed by atoms with Crippen molar-refractivity contribution in [2.45, 2.75) is 33.7 Å². The number of nitro groups is 1. The summed E-state index contributed by atoms with van der Waals surface area (Å²) in [6, 6.07) is 0. The first-order valence-corrected chi connectivity index (χ1v) is 6.45. The third-order valence-corrected chi connectivity index (χ3v) is 3.14. The zero-order chi connectivity index (χ0) is 16.2.